The predicted molar refractivity (Wildman–Crippen MR) is 223 cm³/mol. The molecule has 0 saturated heterocycles. The zero-order valence-corrected chi connectivity index (χ0v) is 29.8. The Morgan fingerprint density at radius 2 is 1.19 bits per heavy atom. The van der Waals surface area contributed by atoms with E-state index in [9.17, 15) is 0 Å². The summed E-state index contributed by atoms with van der Waals surface area (Å²) in [4.78, 5) is 2.48. The minimum atomic E-state index is -0.105. The molecule has 1 aliphatic carbocycles. The van der Waals surface area contributed by atoms with Gasteiger partial charge in [-0.1, -0.05) is 123 Å². The Morgan fingerprint density at radius 3 is 2.10 bits per heavy atom. The number of aromatic nitrogens is 1. The SMILES string of the molecule is CC1(C)c2ccccc2-c2ccc(N(c3ccc4c(c3)c3c5sc6ccccc6c5ccc3n4-c3ccccc3)c3cccc4ccccc34)cc21. The lowest BCUT2D eigenvalue weighted by Gasteiger charge is -2.29. The lowest BCUT2D eigenvalue weighted by molar-refractivity contribution is 0.660. The Bertz CT molecular complexity index is 3050. The smallest absolute Gasteiger partial charge is 0.0555 e. The monoisotopic (exact) mass is 682 g/mol. The first-order chi connectivity index (χ1) is 25.6. The molecule has 0 fully saturated rings. The average Bonchev–Trinajstić information content (AvgIpc) is 3.81. The number of thiophene rings is 1. The first-order valence-corrected chi connectivity index (χ1v) is 18.8. The van der Waals surface area contributed by atoms with Gasteiger partial charge in [0.05, 0.1) is 16.7 Å². The highest BCUT2D eigenvalue weighted by Crippen LogP contribution is 2.52. The van der Waals surface area contributed by atoms with Crippen molar-refractivity contribution in [3.8, 4) is 16.8 Å². The lowest BCUT2D eigenvalue weighted by Crippen LogP contribution is -2.16. The van der Waals surface area contributed by atoms with E-state index in [-0.39, 0.29) is 5.41 Å². The topological polar surface area (TPSA) is 8.17 Å². The van der Waals surface area contributed by atoms with Gasteiger partial charge in [0.2, 0.25) is 0 Å². The van der Waals surface area contributed by atoms with Gasteiger partial charge in [-0.15, -0.1) is 11.3 Å². The molecule has 2 aromatic heterocycles. The maximum Gasteiger partial charge on any atom is 0.0555 e. The van der Waals surface area contributed by atoms with E-state index >= 15 is 0 Å². The largest absolute Gasteiger partial charge is 0.310 e. The molecule has 11 rings (SSSR count). The third-order valence-corrected chi connectivity index (χ3v) is 12.6. The Balaban J connectivity index is 1.22. The summed E-state index contributed by atoms with van der Waals surface area (Å²) in [7, 11) is 0. The molecular formula is C49H34N2S. The summed E-state index contributed by atoms with van der Waals surface area (Å²) in [5, 5.41) is 7.66. The third kappa shape index (κ3) is 4.11. The fraction of sp³-hybridized carbons (Fsp3) is 0.0612. The fourth-order valence-corrected chi connectivity index (χ4v) is 10.2. The Hall–Kier alpha value is -6.16. The molecule has 8 aromatic carbocycles. The Kier molecular flexibility index (Phi) is 6.21. The van der Waals surface area contributed by atoms with E-state index in [1.807, 2.05) is 11.3 Å². The van der Waals surface area contributed by atoms with E-state index in [0.29, 0.717) is 0 Å². The highest BCUT2D eigenvalue weighted by Gasteiger charge is 2.36. The summed E-state index contributed by atoms with van der Waals surface area (Å²) >= 11 is 1.90. The molecule has 2 heterocycles. The van der Waals surface area contributed by atoms with Crippen molar-refractivity contribution >= 4 is 81.1 Å². The number of hydrogen-bond donors (Lipinski definition) is 0. The van der Waals surface area contributed by atoms with Crippen LogP contribution in [0.15, 0.2) is 170 Å². The van der Waals surface area contributed by atoms with E-state index in [4.69, 9.17) is 0 Å². The molecule has 0 radical (unpaired) electrons. The van der Waals surface area contributed by atoms with E-state index in [1.54, 1.807) is 0 Å². The minimum Gasteiger partial charge on any atom is -0.310 e. The number of hydrogen-bond acceptors (Lipinski definition) is 2. The van der Waals surface area contributed by atoms with Crippen molar-refractivity contribution in [1.82, 2.24) is 4.57 Å². The quantitative estimate of drug-likeness (QED) is 0.179. The lowest BCUT2D eigenvalue weighted by atomic mass is 9.82. The average molecular weight is 683 g/mol. The van der Waals surface area contributed by atoms with Gasteiger partial charge in [0, 0.05) is 58.8 Å². The van der Waals surface area contributed by atoms with Crippen LogP contribution in [-0.4, -0.2) is 4.57 Å². The number of anilines is 3. The van der Waals surface area contributed by atoms with E-state index in [1.165, 1.54) is 86.4 Å². The molecule has 0 N–H and O–H groups in total. The first kappa shape index (κ1) is 29.6. The molecule has 52 heavy (non-hydrogen) atoms. The Labute approximate surface area is 306 Å². The van der Waals surface area contributed by atoms with Gasteiger partial charge in [0.1, 0.15) is 0 Å². The number of nitrogens with zero attached hydrogens (tertiary/aromatic N) is 2. The molecule has 0 spiro atoms. The molecule has 0 bridgehead atoms. The summed E-state index contributed by atoms with van der Waals surface area (Å²) in [6.07, 6.45) is 0. The fourth-order valence-electron chi connectivity index (χ4n) is 8.93. The van der Waals surface area contributed by atoms with Crippen LogP contribution in [0.5, 0.6) is 0 Å². The molecule has 3 heteroatoms. The van der Waals surface area contributed by atoms with Crippen LogP contribution < -0.4 is 4.90 Å². The van der Waals surface area contributed by atoms with Crippen LogP contribution in [0.1, 0.15) is 25.0 Å². The van der Waals surface area contributed by atoms with Crippen LogP contribution >= 0.6 is 11.3 Å². The van der Waals surface area contributed by atoms with Crippen LogP contribution in [-0.2, 0) is 5.41 Å². The Morgan fingerprint density at radius 1 is 0.500 bits per heavy atom. The van der Waals surface area contributed by atoms with Gasteiger partial charge >= 0.3 is 0 Å². The summed E-state index contributed by atoms with van der Waals surface area (Å²) in [6, 6.07) is 62.8. The van der Waals surface area contributed by atoms with Crippen LogP contribution in [0, 0.1) is 0 Å². The summed E-state index contributed by atoms with van der Waals surface area (Å²) in [5.41, 5.74) is 12.4. The summed E-state index contributed by atoms with van der Waals surface area (Å²) in [6.45, 7) is 4.73. The summed E-state index contributed by atoms with van der Waals surface area (Å²) < 4.78 is 5.10. The van der Waals surface area contributed by atoms with Gasteiger partial charge in [-0.3, -0.25) is 0 Å². The second-order valence-corrected chi connectivity index (χ2v) is 15.6. The van der Waals surface area contributed by atoms with Crippen molar-refractivity contribution in [3.05, 3.63) is 181 Å². The van der Waals surface area contributed by atoms with Crippen molar-refractivity contribution in [3.63, 3.8) is 0 Å². The molecule has 10 aromatic rings. The third-order valence-electron chi connectivity index (χ3n) is 11.4. The van der Waals surface area contributed by atoms with Crippen molar-refractivity contribution in [2.45, 2.75) is 19.3 Å². The van der Waals surface area contributed by atoms with E-state index in [2.05, 4.69) is 193 Å². The number of para-hydroxylation sites is 1. The molecule has 0 atom stereocenters. The number of benzene rings is 8. The van der Waals surface area contributed by atoms with Crippen LogP contribution in [0.25, 0.3) is 69.6 Å². The van der Waals surface area contributed by atoms with Crippen molar-refractivity contribution in [1.29, 1.82) is 0 Å². The first-order valence-electron chi connectivity index (χ1n) is 18.0. The zero-order valence-electron chi connectivity index (χ0n) is 29.0. The van der Waals surface area contributed by atoms with Gasteiger partial charge in [-0.2, -0.15) is 0 Å². The van der Waals surface area contributed by atoms with Crippen molar-refractivity contribution < 1.29 is 0 Å². The molecule has 0 saturated carbocycles. The molecule has 0 unspecified atom stereocenters. The highest BCUT2D eigenvalue weighted by atomic mass is 32.1. The van der Waals surface area contributed by atoms with Crippen LogP contribution in [0.4, 0.5) is 17.1 Å². The highest BCUT2D eigenvalue weighted by molar-refractivity contribution is 7.26. The van der Waals surface area contributed by atoms with Gasteiger partial charge < -0.3 is 9.47 Å². The van der Waals surface area contributed by atoms with Crippen LogP contribution in [0.3, 0.4) is 0 Å². The van der Waals surface area contributed by atoms with Gasteiger partial charge in [-0.25, -0.2) is 0 Å². The predicted octanol–water partition coefficient (Wildman–Crippen LogP) is 14.1. The molecule has 1 aliphatic rings. The maximum absolute atomic E-state index is 2.48. The molecule has 2 nitrogen and oxygen atoms in total. The molecular weight excluding hydrogens is 649 g/mol. The standard InChI is InChI=1S/C49H34N2S/c1-49(2)41-20-10-8-18-36(41)37-25-23-34(30-42(37)49)50(43-21-12-14-31-13-6-7-17-35(31)43)33-24-27-44-40(29-33)47-45(51(44)32-15-4-3-5-16-32)28-26-39-38-19-9-11-22-46(38)52-48(39)47/h3-30H,1-2H3. The normalized spacial score (nSPS) is 13.3. The number of rotatable bonds is 4. The van der Waals surface area contributed by atoms with Crippen molar-refractivity contribution in [2.75, 3.05) is 4.90 Å². The summed E-state index contributed by atoms with van der Waals surface area (Å²) in [5.74, 6) is 0. The van der Waals surface area contributed by atoms with E-state index in [0.717, 1.165) is 11.4 Å². The van der Waals surface area contributed by atoms with E-state index < -0.39 is 0 Å². The second-order valence-electron chi connectivity index (χ2n) is 14.5. The second kappa shape index (κ2) is 10.9. The van der Waals surface area contributed by atoms with Gasteiger partial charge in [0.15, 0.2) is 0 Å². The molecule has 246 valence electrons. The van der Waals surface area contributed by atoms with Crippen LogP contribution in [0.2, 0.25) is 0 Å². The van der Waals surface area contributed by atoms with Gasteiger partial charge in [-0.05, 0) is 88.3 Å². The van der Waals surface area contributed by atoms with Gasteiger partial charge in [0.25, 0.3) is 0 Å². The molecule has 0 amide bonds. The molecule has 0 aliphatic heterocycles. The number of fused-ring (bicyclic) bond motifs is 11. The maximum atomic E-state index is 2.48. The minimum absolute atomic E-state index is 0.105. The zero-order chi connectivity index (χ0) is 34.6. The van der Waals surface area contributed by atoms with Crippen molar-refractivity contribution in [2.24, 2.45) is 0 Å².